The predicted octanol–water partition coefficient (Wildman–Crippen LogP) is 3.42. The third-order valence-electron chi connectivity index (χ3n) is 4.13. The number of hydrogen-bond acceptors (Lipinski definition) is 2. The van der Waals surface area contributed by atoms with Crippen molar-refractivity contribution in [1.29, 1.82) is 0 Å². The van der Waals surface area contributed by atoms with Crippen LogP contribution in [0.15, 0.2) is 18.2 Å². The number of nitrogens with two attached hydrogens (primary N) is 1. The first-order chi connectivity index (χ1) is 8.58. The molecule has 0 saturated heterocycles. The molecule has 0 radical (unpaired) electrons. The fourth-order valence-corrected chi connectivity index (χ4v) is 3.03. The standard InChI is InChI=1S/C15H23FN2/c1-11-5-3-4-6-15(11)18(2)10-12-7-8-14(17)13(16)9-12/h7-9,11,15H,3-6,10,17H2,1-2H3. The van der Waals surface area contributed by atoms with E-state index in [1.54, 1.807) is 12.1 Å². The fraction of sp³-hybridized carbons (Fsp3) is 0.600. The molecule has 2 nitrogen and oxygen atoms in total. The van der Waals surface area contributed by atoms with Crippen LogP contribution in [0.5, 0.6) is 0 Å². The van der Waals surface area contributed by atoms with Crippen molar-refractivity contribution in [3.63, 3.8) is 0 Å². The molecule has 0 bridgehead atoms. The number of rotatable bonds is 3. The molecule has 0 aliphatic heterocycles. The topological polar surface area (TPSA) is 29.3 Å². The SMILES string of the molecule is CC1CCCCC1N(C)Cc1ccc(N)c(F)c1. The van der Waals surface area contributed by atoms with Crippen LogP contribution in [0.2, 0.25) is 0 Å². The van der Waals surface area contributed by atoms with Crippen LogP contribution in [0.4, 0.5) is 10.1 Å². The minimum absolute atomic E-state index is 0.229. The fourth-order valence-electron chi connectivity index (χ4n) is 3.03. The summed E-state index contributed by atoms with van der Waals surface area (Å²) in [6, 6.07) is 5.75. The van der Waals surface area contributed by atoms with Gasteiger partial charge in [0.25, 0.3) is 0 Å². The Hall–Kier alpha value is -1.09. The summed E-state index contributed by atoms with van der Waals surface area (Å²) in [6.07, 6.45) is 5.23. The highest BCUT2D eigenvalue weighted by molar-refractivity contribution is 5.41. The maximum Gasteiger partial charge on any atom is 0.146 e. The van der Waals surface area contributed by atoms with Gasteiger partial charge in [-0.2, -0.15) is 0 Å². The molecule has 0 heterocycles. The second-order valence-electron chi connectivity index (χ2n) is 5.60. The third kappa shape index (κ3) is 3.02. The third-order valence-corrected chi connectivity index (χ3v) is 4.13. The van der Waals surface area contributed by atoms with Gasteiger partial charge in [0.1, 0.15) is 5.82 Å². The molecule has 18 heavy (non-hydrogen) atoms. The van der Waals surface area contributed by atoms with Gasteiger partial charge in [-0.25, -0.2) is 4.39 Å². The number of benzene rings is 1. The lowest BCUT2D eigenvalue weighted by Gasteiger charge is -2.36. The highest BCUT2D eigenvalue weighted by atomic mass is 19.1. The lowest BCUT2D eigenvalue weighted by molar-refractivity contribution is 0.133. The minimum Gasteiger partial charge on any atom is -0.396 e. The second kappa shape index (κ2) is 5.70. The lowest BCUT2D eigenvalue weighted by Crippen LogP contribution is -2.38. The zero-order valence-electron chi connectivity index (χ0n) is 11.3. The average Bonchev–Trinajstić information content (AvgIpc) is 2.34. The lowest BCUT2D eigenvalue weighted by atomic mass is 9.85. The number of nitrogen functional groups attached to an aromatic ring is 1. The van der Waals surface area contributed by atoms with Crippen molar-refractivity contribution in [2.24, 2.45) is 5.92 Å². The van der Waals surface area contributed by atoms with Crippen molar-refractivity contribution in [1.82, 2.24) is 4.90 Å². The average molecular weight is 250 g/mol. The van der Waals surface area contributed by atoms with E-state index in [2.05, 4.69) is 18.9 Å². The Morgan fingerprint density at radius 3 is 2.72 bits per heavy atom. The Kier molecular flexibility index (Phi) is 4.23. The van der Waals surface area contributed by atoms with Crippen LogP contribution >= 0.6 is 0 Å². The Labute approximate surface area is 109 Å². The molecule has 0 aromatic heterocycles. The summed E-state index contributed by atoms with van der Waals surface area (Å²) in [5.41, 5.74) is 6.73. The molecule has 2 rings (SSSR count). The van der Waals surface area contributed by atoms with Crippen LogP contribution in [0, 0.1) is 11.7 Å². The zero-order chi connectivity index (χ0) is 13.1. The van der Waals surface area contributed by atoms with Crippen molar-refractivity contribution in [2.45, 2.75) is 45.2 Å². The van der Waals surface area contributed by atoms with Gasteiger partial charge in [0.05, 0.1) is 5.69 Å². The Bertz CT molecular complexity index is 405. The molecule has 1 aliphatic rings. The minimum atomic E-state index is -0.308. The number of hydrogen-bond donors (Lipinski definition) is 1. The van der Waals surface area contributed by atoms with Crippen LogP contribution in [-0.4, -0.2) is 18.0 Å². The van der Waals surface area contributed by atoms with Crippen LogP contribution < -0.4 is 5.73 Å². The molecule has 0 spiro atoms. The first-order valence-corrected chi connectivity index (χ1v) is 6.82. The normalized spacial score (nSPS) is 24.4. The van der Waals surface area contributed by atoms with Crippen LogP contribution in [0.3, 0.4) is 0 Å². The van der Waals surface area contributed by atoms with Crippen molar-refractivity contribution in [2.75, 3.05) is 12.8 Å². The van der Waals surface area contributed by atoms with Crippen molar-refractivity contribution < 1.29 is 4.39 Å². The van der Waals surface area contributed by atoms with E-state index in [0.717, 1.165) is 18.0 Å². The molecule has 2 N–H and O–H groups in total. The van der Waals surface area contributed by atoms with E-state index in [4.69, 9.17) is 5.73 Å². The summed E-state index contributed by atoms with van der Waals surface area (Å²) in [6.45, 7) is 3.12. The van der Waals surface area contributed by atoms with Gasteiger partial charge in [-0.05, 0) is 43.5 Å². The summed E-state index contributed by atoms with van der Waals surface area (Å²) < 4.78 is 13.4. The summed E-state index contributed by atoms with van der Waals surface area (Å²) >= 11 is 0. The van der Waals surface area contributed by atoms with Gasteiger partial charge < -0.3 is 5.73 Å². The van der Waals surface area contributed by atoms with Gasteiger partial charge in [0, 0.05) is 12.6 Å². The molecule has 0 amide bonds. The highest BCUT2D eigenvalue weighted by Crippen LogP contribution is 2.28. The van der Waals surface area contributed by atoms with E-state index in [1.807, 2.05) is 6.07 Å². The molecule has 1 aromatic rings. The van der Waals surface area contributed by atoms with Crippen LogP contribution in [0.25, 0.3) is 0 Å². The van der Waals surface area contributed by atoms with E-state index in [9.17, 15) is 4.39 Å². The Balaban J connectivity index is 2.01. The zero-order valence-corrected chi connectivity index (χ0v) is 11.3. The molecule has 2 unspecified atom stereocenters. The van der Waals surface area contributed by atoms with Crippen LogP contribution in [0.1, 0.15) is 38.2 Å². The predicted molar refractivity (Wildman–Crippen MR) is 73.7 cm³/mol. The molecule has 1 fully saturated rings. The van der Waals surface area contributed by atoms with Gasteiger partial charge in [-0.15, -0.1) is 0 Å². The number of nitrogens with zero attached hydrogens (tertiary/aromatic N) is 1. The maximum atomic E-state index is 13.4. The molecular formula is C15H23FN2. The van der Waals surface area contributed by atoms with Crippen molar-refractivity contribution in [3.05, 3.63) is 29.6 Å². The smallest absolute Gasteiger partial charge is 0.146 e. The molecule has 2 atom stereocenters. The first kappa shape index (κ1) is 13.3. The van der Waals surface area contributed by atoms with Gasteiger partial charge in [0.15, 0.2) is 0 Å². The van der Waals surface area contributed by atoms with Crippen molar-refractivity contribution >= 4 is 5.69 Å². The van der Waals surface area contributed by atoms with Crippen molar-refractivity contribution in [3.8, 4) is 0 Å². The number of halogens is 1. The summed E-state index contributed by atoms with van der Waals surface area (Å²) in [5.74, 6) is 0.431. The summed E-state index contributed by atoms with van der Waals surface area (Å²) in [5, 5.41) is 0. The molecule has 100 valence electrons. The first-order valence-electron chi connectivity index (χ1n) is 6.82. The second-order valence-corrected chi connectivity index (χ2v) is 5.60. The molecule has 1 aromatic carbocycles. The maximum absolute atomic E-state index is 13.4. The Morgan fingerprint density at radius 1 is 1.33 bits per heavy atom. The Morgan fingerprint density at radius 2 is 2.06 bits per heavy atom. The van der Waals surface area contributed by atoms with Gasteiger partial charge in [0.2, 0.25) is 0 Å². The largest absolute Gasteiger partial charge is 0.396 e. The summed E-state index contributed by atoms with van der Waals surface area (Å²) in [7, 11) is 2.14. The van der Waals surface area contributed by atoms with E-state index in [1.165, 1.54) is 25.7 Å². The van der Waals surface area contributed by atoms with Gasteiger partial charge >= 0.3 is 0 Å². The van der Waals surface area contributed by atoms with E-state index in [-0.39, 0.29) is 11.5 Å². The van der Waals surface area contributed by atoms with E-state index >= 15 is 0 Å². The van der Waals surface area contributed by atoms with Gasteiger partial charge in [-0.1, -0.05) is 25.8 Å². The van der Waals surface area contributed by atoms with Gasteiger partial charge in [-0.3, -0.25) is 4.90 Å². The van der Waals surface area contributed by atoms with E-state index in [0.29, 0.717) is 6.04 Å². The molecule has 3 heteroatoms. The molecular weight excluding hydrogens is 227 g/mol. The summed E-state index contributed by atoms with van der Waals surface area (Å²) in [4.78, 5) is 2.36. The molecule has 1 aliphatic carbocycles. The monoisotopic (exact) mass is 250 g/mol. The molecule has 1 saturated carbocycles. The highest BCUT2D eigenvalue weighted by Gasteiger charge is 2.24. The quantitative estimate of drug-likeness (QED) is 0.833. The number of anilines is 1. The van der Waals surface area contributed by atoms with Crippen LogP contribution in [-0.2, 0) is 6.54 Å². The van der Waals surface area contributed by atoms with E-state index < -0.39 is 0 Å².